The minimum atomic E-state index is -4.88. The van der Waals surface area contributed by atoms with Gasteiger partial charge in [0, 0.05) is 23.2 Å². The third-order valence-corrected chi connectivity index (χ3v) is 5.45. The maximum atomic E-state index is 11.3. The van der Waals surface area contributed by atoms with E-state index in [0.717, 1.165) is 30.3 Å². The number of aromatic hydroxyl groups is 2. The molecule has 0 aliphatic carbocycles. The first-order chi connectivity index (χ1) is 15.0. The SMILES string of the molecule is Nc1cc(S(=O)(=O)[O-])cc2cc(SOO[O-])c(N=Nc3cc([N+](=O)[O-])ccc3O)c(O)c12.[Na+].[Na+]. The van der Waals surface area contributed by atoms with E-state index in [0.29, 0.717) is 0 Å². The van der Waals surface area contributed by atoms with Gasteiger partial charge in [-0.2, -0.15) is 4.33 Å². The van der Waals surface area contributed by atoms with E-state index in [2.05, 4.69) is 19.6 Å². The van der Waals surface area contributed by atoms with Crippen molar-refractivity contribution in [3.63, 3.8) is 0 Å². The molecule has 3 rings (SSSR count). The van der Waals surface area contributed by atoms with Crippen molar-refractivity contribution in [1.29, 1.82) is 0 Å². The number of nitro groups is 1. The first-order valence-corrected chi connectivity index (χ1v) is 10.3. The molecule has 0 saturated heterocycles. The van der Waals surface area contributed by atoms with Gasteiger partial charge >= 0.3 is 59.1 Å². The summed E-state index contributed by atoms with van der Waals surface area (Å²) in [5.41, 5.74) is 4.42. The summed E-state index contributed by atoms with van der Waals surface area (Å²) >= 11 is 0.255. The van der Waals surface area contributed by atoms with Gasteiger partial charge in [0.15, 0.2) is 5.75 Å². The molecule has 0 aromatic heterocycles. The summed E-state index contributed by atoms with van der Waals surface area (Å²) in [6.07, 6.45) is 0. The monoisotopic (exact) mass is 528 g/mol. The molecule has 0 aliphatic heterocycles. The molecule has 0 saturated carbocycles. The average Bonchev–Trinajstić information content (AvgIpc) is 2.71. The van der Waals surface area contributed by atoms with Gasteiger partial charge in [0.2, 0.25) is 0 Å². The molecular formula is C16H10N4Na2O10S2. The molecule has 0 heterocycles. The number of fused-ring (bicyclic) bond motifs is 1. The molecule has 0 spiro atoms. The molecule has 18 heteroatoms. The number of anilines is 1. The van der Waals surface area contributed by atoms with Crippen LogP contribution in [0.2, 0.25) is 0 Å². The van der Waals surface area contributed by atoms with E-state index in [1.54, 1.807) is 0 Å². The van der Waals surface area contributed by atoms with Crippen LogP contribution in [0.4, 0.5) is 22.7 Å². The Morgan fingerprint density at radius 3 is 2.35 bits per heavy atom. The van der Waals surface area contributed by atoms with Crippen molar-refractivity contribution in [2.45, 2.75) is 9.79 Å². The van der Waals surface area contributed by atoms with Crippen LogP contribution in [0, 0.1) is 10.1 Å². The van der Waals surface area contributed by atoms with E-state index >= 15 is 0 Å². The molecule has 0 aliphatic rings. The normalized spacial score (nSPS) is 11.2. The molecular weight excluding hydrogens is 518 g/mol. The molecule has 0 unspecified atom stereocenters. The quantitative estimate of drug-likeness (QED) is 0.0393. The number of nitrogen functional groups attached to an aromatic ring is 1. The summed E-state index contributed by atoms with van der Waals surface area (Å²) in [5.74, 6) is -1.11. The molecule has 0 atom stereocenters. The van der Waals surface area contributed by atoms with Crippen LogP contribution in [0.1, 0.15) is 0 Å². The van der Waals surface area contributed by atoms with Crippen LogP contribution in [0.3, 0.4) is 0 Å². The fourth-order valence-electron chi connectivity index (χ4n) is 2.66. The second-order valence-electron chi connectivity index (χ2n) is 5.99. The minimum Gasteiger partial charge on any atom is -0.744 e. The molecule has 168 valence electrons. The Balaban J connectivity index is 0.00000289. The van der Waals surface area contributed by atoms with Crippen LogP contribution in [-0.2, 0) is 19.5 Å². The van der Waals surface area contributed by atoms with E-state index in [-0.39, 0.29) is 104 Å². The second kappa shape index (κ2) is 12.4. The first-order valence-electron chi connectivity index (χ1n) is 8.10. The Morgan fingerprint density at radius 1 is 1.09 bits per heavy atom. The van der Waals surface area contributed by atoms with Crippen LogP contribution in [-0.4, -0.2) is 28.1 Å². The first kappa shape index (κ1) is 30.5. The molecule has 3 aromatic carbocycles. The van der Waals surface area contributed by atoms with Gasteiger partial charge in [0.25, 0.3) is 5.69 Å². The van der Waals surface area contributed by atoms with Gasteiger partial charge in [-0.25, -0.2) is 8.42 Å². The molecule has 0 bridgehead atoms. The number of rotatable bonds is 7. The number of hydrogen-bond acceptors (Lipinski definition) is 14. The van der Waals surface area contributed by atoms with Crippen molar-refractivity contribution in [3.05, 3.63) is 46.5 Å². The maximum absolute atomic E-state index is 11.3. The largest absolute Gasteiger partial charge is 1.00 e. The number of nitrogens with two attached hydrogens (primary N) is 1. The van der Waals surface area contributed by atoms with E-state index in [9.17, 15) is 38.6 Å². The van der Waals surface area contributed by atoms with Crippen LogP contribution in [0.5, 0.6) is 11.5 Å². The molecule has 4 N–H and O–H groups in total. The third-order valence-electron chi connectivity index (χ3n) is 4.02. The number of nitro benzene ring substituents is 1. The van der Waals surface area contributed by atoms with E-state index in [4.69, 9.17) is 5.73 Å². The molecule has 0 radical (unpaired) electrons. The van der Waals surface area contributed by atoms with Crippen molar-refractivity contribution in [2.75, 3.05) is 5.73 Å². The second-order valence-corrected chi connectivity index (χ2v) is 8.11. The molecule has 3 aromatic rings. The summed E-state index contributed by atoms with van der Waals surface area (Å²) < 4.78 is 38.2. The Kier molecular flexibility index (Phi) is 11.1. The number of benzene rings is 3. The average molecular weight is 528 g/mol. The van der Waals surface area contributed by atoms with Crippen LogP contribution in [0.15, 0.2) is 56.4 Å². The molecule has 34 heavy (non-hydrogen) atoms. The van der Waals surface area contributed by atoms with Gasteiger partial charge in [-0.05, 0) is 29.7 Å². The summed E-state index contributed by atoms with van der Waals surface area (Å²) in [7, 11) is -4.88. The summed E-state index contributed by atoms with van der Waals surface area (Å²) in [6, 6.07) is 5.90. The fraction of sp³-hybridized carbons (Fsp3) is 0. The Morgan fingerprint density at radius 2 is 1.76 bits per heavy atom. The third kappa shape index (κ3) is 6.78. The van der Waals surface area contributed by atoms with Crippen LogP contribution in [0.25, 0.3) is 10.8 Å². The van der Waals surface area contributed by atoms with Gasteiger partial charge in [-0.1, -0.05) is 0 Å². The number of phenols is 2. The minimum absolute atomic E-state index is 0. The number of azo groups is 1. The number of hydrogen-bond donors (Lipinski definition) is 3. The maximum Gasteiger partial charge on any atom is 1.00 e. The number of non-ortho nitro benzene ring substituents is 1. The van der Waals surface area contributed by atoms with Gasteiger partial charge in [-0.15, -0.1) is 10.2 Å². The van der Waals surface area contributed by atoms with Gasteiger partial charge in [0.05, 0.1) is 26.8 Å². The van der Waals surface area contributed by atoms with Gasteiger partial charge in [0.1, 0.15) is 27.2 Å². The zero-order valence-corrected chi connectivity index (χ0v) is 23.0. The topological polar surface area (TPSA) is 233 Å². The van der Waals surface area contributed by atoms with Crippen molar-refractivity contribution in [2.24, 2.45) is 10.2 Å². The summed E-state index contributed by atoms with van der Waals surface area (Å²) in [6.45, 7) is 0. The van der Waals surface area contributed by atoms with Crippen molar-refractivity contribution < 1.29 is 102 Å². The zero-order valence-electron chi connectivity index (χ0n) is 17.4. The van der Waals surface area contributed by atoms with Crippen molar-refractivity contribution in [3.8, 4) is 11.5 Å². The molecule has 14 nitrogen and oxygen atoms in total. The summed E-state index contributed by atoms with van der Waals surface area (Å²) in [4.78, 5) is 9.38. The smallest absolute Gasteiger partial charge is 0.744 e. The zero-order chi connectivity index (χ0) is 23.6. The van der Waals surface area contributed by atoms with E-state index in [1.807, 2.05) is 0 Å². The predicted molar refractivity (Wildman–Crippen MR) is 105 cm³/mol. The predicted octanol–water partition coefficient (Wildman–Crippen LogP) is -3.70. The molecule has 0 fully saturated rings. The van der Waals surface area contributed by atoms with Crippen molar-refractivity contribution >= 4 is 55.7 Å². The Bertz CT molecular complexity index is 1370. The molecule has 0 amide bonds. The van der Waals surface area contributed by atoms with E-state index < -0.39 is 37.1 Å². The number of nitrogens with zero attached hydrogens (tertiary/aromatic N) is 3. The Labute approximate surface area is 239 Å². The van der Waals surface area contributed by atoms with Crippen molar-refractivity contribution in [1.82, 2.24) is 0 Å². The van der Waals surface area contributed by atoms with Gasteiger partial charge in [-0.3, -0.25) is 15.2 Å². The van der Waals surface area contributed by atoms with E-state index in [1.165, 1.54) is 6.07 Å². The number of phenolic OH excluding ortho intramolecular Hbond substituents is 2. The standard InChI is InChI=1S/C16H12N4O10S2.2Na/c17-10-6-9(32(26,27)28)3-7-4-13(31-30-29-25)15(16(22)14(7)10)19-18-11-5-8(20(23)24)1-2-12(11)21;;/h1-6,21-22,25H,17H2,(H,26,27,28);;/q;2*+1/p-2. The van der Waals surface area contributed by atoms with Crippen LogP contribution < -0.4 is 70.1 Å². The fourth-order valence-corrected chi connectivity index (χ4v) is 3.69. The van der Waals surface area contributed by atoms with Gasteiger partial charge < -0.3 is 25.8 Å². The Hall–Kier alpha value is -1.54. The summed E-state index contributed by atoms with van der Waals surface area (Å²) in [5, 5.41) is 52.2. The van der Waals surface area contributed by atoms with Crippen LogP contribution >= 0.6 is 12.0 Å².